The first-order valence-electron chi connectivity index (χ1n) is 8.50. The van der Waals surface area contributed by atoms with Gasteiger partial charge < -0.3 is 15.2 Å². The predicted octanol–water partition coefficient (Wildman–Crippen LogP) is 2.80. The van der Waals surface area contributed by atoms with Gasteiger partial charge in [-0.3, -0.25) is 9.59 Å². The van der Waals surface area contributed by atoms with E-state index in [1.165, 1.54) is 23.1 Å². The van der Waals surface area contributed by atoms with Crippen molar-refractivity contribution in [3.8, 4) is 0 Å². The smallest absolute Gasteiger partial charge is 0.236 e. The van der Waals surface area contributed by atoms with Crippen LogP contribution in [0.5, 0.6) is 0 Å². The lowest BCUT2D eigenvalue weighted by molar-refractivity contribution is -0.116. The average Bonchev–Trinajstić information content (AvgIpc) is 3.21. The van der Waals surface area contributed by atoms with Crippen molar-refractivity contribution in [3.05, 3.63) is 46.7 Å². The van der Waals surface area contributed by atoms with Crippen LogP contribution in [0.2, 0.25) is 0 Å². The van der Waals surface area contributed by atoms with Crippen molar-refractivity contribution in [3.63, 3.8) is 0 Å². The number of thiazole rings is 1. The minimum atomic E-state index is -0.173. The molecule has 1 aromatic carbocycles. The summed E-state index contributed by atoms with van der Waals surface area (Å²) in [4.78, 5) is 28.5. The predicted molar refractivity (Wildman–Crippen MR) is 111 cm³/mol. The monoisotopic (exact) mass is 416 g/mol. The van der Waals surface area contributed by atoms with E-state index in [-0.39, 0.29) is 24.0 Å². The number of benzene rings is 1. The number of aromatic nitrogens is 4. The summed E-state index contributed by atoms with van der Waals surface area (Å²) in [6.07, 6.45) is 0.0997. The Balaban J connectivity index is 1.52. The lowest BCUT2D eigenvalue weighted by atomic mass is 10.2. The molecule has 0 aliphatic heterocycles. The van der Waals surface area contributed by atoms with Crippen molar-refractivity contribution in [2.75, 3.05) is 16.4 Å². The Hall–Kier alpha value is -2.72. The summed E-state index contributed by atoms with van der Waals surface area (Å²) in [6, 6.07) is 7.58. The van der Waals surface area contributed by atoms with Gasteiger partial charge >= 0.3 is 0 Å². The molecule has 2 amide bonds. The summed E-state index contributed by atoms with van der Waals surface area (Å²) >= 11 is 2.64. The quantitative estimate of drug-likeness (QED) is 0.574. The van der Waals surface area contributed by atoms with Crippen molar-refractivity contribution < 1.29 is 9.59 Å². The fraction of sp³-hybridized carbons (Fsp3) is 0.278. The fourth-order valence-electron chi connectivity index (χ4n) is 2.31. The minimum Gasteiger partial charge on any atom is -0.326 e. The minimum absolute atomic E-state index is 0.0997. The third-order valence-electron chi connectivity index (χ3n) is 3.78. The highest BCUT2D eigenvalue weighted by molar-refractivity contribution is 7.99. The van der Waals surface area contributed by atoms with Crippen molar-refractivity contribution in [1.82, 2.24) is 19.7 Å². The SMILES string of the molecule is Cc1ccc(NC(=O)Cc2nnc(SCC(=O)Nc3nc(C)cs3)n2C)cc1. The second-order valence-electron chi connectivity index (χ2n) is 6.18. The highest BCUT2D eigenvalue weighted by atomic mass is 32.2. The lowest BCUT2D eigenvalue weighted by Crippen LogP contribution is -2.17. The maximum atomic E-state index is 12.2. The Kier molecular flexibility index (Phi) is 6.42. The third-order valence-corrected chi connectivity index (χ3v) is 5.67. The Morgan fingerprint density at radius 3 is 2.54 bits per heavy atom. The maximum Gasteiger partial charge on any atom is 0.236 e. The summed E-state index contributed by atoms with van der Waals surface area (Å²) in [5.41, 5.74) is 2.73. The molecule has 146 valence electrons. The summed E-state index contributed by atoms with van der Waals surface area (Å²) in [5, 5.41) is 16.8. The zero-order valence-corrected chi connectivity index (χ0v) is 17.4. The van der Waals surface area contributed by atoms with E-state index in [9.17, 15) is 9.59 Å². The van der Waals surface area contributed by atoms with Crippen LogP contribution in [0.3, 0.4) is 0 Å². The van der Waals surface area contributed by atoms with Gasteiger partial charge in [-0.1, -0.05) is 29.5 Å². The second kappa shape index (κ2) is 8.98. The number of carbonyl (C=O) groups excluding carboxylic acids is 2. The molecule has 2 aromatic heterocycles. The molecule has 2 N–H and O–H groups in total. The molecule has 0 saturated carbocycles. The van der Waals surface area contributed by atoms with E-state index in [1.807, 2.05) is 43.5 Å². The molecular formula is C18H20N6O2S2. The van der Waals surface area contributed by atoms with Crippen molar-refractivity contribution in [2.24, 2.45) is 7.05 Å². The number of aryl methyl sites for hydroxylation is 2. The second-order valence-corrected chi connectivity index (χ2v) is 7.98. The topological polar surface area (TPSA) is 102 Å². The van der Waals surface area contributed by atoms with Crippen LogP contribution in [-0.4, -0.2) is 37.3 Å². The van der Waals surface area contributed by atoms with Crippen LogP contribution in [0.1, 0.15) is 17.1 Å². The molecule has 0 aliphatic rings. The average molecular weight is 417 g/mol. The van der Waals surface area contributed by atoms with Crippen LogP contribution in [0.4, 0.5) is 10.8 Å². The molecule has 10 heteroatoms. The van der Waals surface area contributed by atoms with Gasteiger partial charge in [0.05, 0.1) is 17.9 Å². The van der Waals surface area contributed by atoms with Crippen molar-refractivity contribution in [2.45, 2.75) is 25.4 Å². The molecule has 0 spiro atoms. The Labute approximate surface area is 170 Å². The number of nitrogens with zero attached hydrogens (tertiary/aromatic N) is 4. The van der Waals surface area contributed by atoms with Gasteiger partial charge in [0, 0.05) is 18.1 Å². The number of amides is 2. The first kappa shape index (κ1) is 20.0. The Morgan fingerprint density at radius 2 is 1.86 bits per heavy atom. The summed E-state index contributed by atoms with van der Waals surface area (Å²) < 4.78 is 1.72. The molecule has 2 heterocycles. The van der Waals surface area contributed by atoms with E-state index in [2.05, 4.69) is 25.8 Å². The number of carbonyl (C=O) groups is 2. The van der Waals surface area contributed by atoms with Crippen molar-refractivity contribution >= 4 is 45.7 Å². The number of nitrogens with one attached hydrogen (secondary N) is 2. The zero-order valence-electron chi connectivity index (χ0n) is 15.7. The molecule has 0 unspecified atom stereocenters. The number of anilines is 2. The van der Waals surface area contributed by atoms with E-state index < -0.39 is 0 Å². The van der Waals surface area contributed by atoms with Gasteiger partial charge in [-0.15, -0.1) is 21.5 Å². The molecule has 3 rings (SSSR count). The third kappa shape index (κ3) is 5.40. The van der Waals surface area contributed by atoms with Crippen LogP contribution in [0.25, 0.3) is 0 Å². The van der Waals surface area contributed by atoms with Gasteiger partial charge in [-0.2, -0.15) is 0 Å². The van der Waals surface area contributed by atoms with Crippen LogP contribution in [0, 0.1) is 13.8 Å². The first-order valence-corrected chi connectivity index (χ1v) is 10.4. The summed E-state index contributed by atoms with van der Waals surface area (Å²) in [5.74, 6) is 0.372. The number of hydrogen-bond donors (Lipinski definition) is 2. The van der Waals surface area contributed by atoms with Crippen molar-refractivity contribution in [1.29, 1.82) is 0 Å². The van der Waals surface area contributed by atoms with Gasteiger partial charge in [0.15, 0.2) is 10.3 Å². The largest absolute Gasteiger partial charge is 0.326 e. The standard InChI is InChI=1S/C18H20N6O2S2/c1-11-4-6-13(7-5-11)20-15(25)8-14-22-23-18(24(14)3)28-10-16(26)21-17-19-12(2)9-27-17/h4-7,9H,8,10H2,1-3H3,(H,20,25)(H,19,21,26). The van der Waals surface area contributed by atoms with Gasteiger partial charge in [-0.25, -0.2) is 4.98 Å². The maximum absolute atomic E-state index is 12.2. The lowest BCUT2D eigenvalue weighted by Gasteiger charge is -2.06. The van der Waals surface area contributed by atoms with Gasteiger partial charge in [-0.05, 0) is 26.0 Å². The first-order chi connectivity index (χ1) is 13.4. The van der Waals surface area contributed by atoms with Crippen LogP contribution in [0.15, 0.2) is 34.8 Å². The highest BCUT2D eigenvalue weighted by Crippen LogP contribution is 2.18. The molecule has 8 nitrogen and oxygen atoms in total. The normalized spacial score (nSPS) is 10.7. The molecular weight excluding hydrogens is 396 g/mol. The molecule has 0 radical (unpaired) electrons. The molecule has 0 atom stereocenters. The zero-order chi connectivity index (χ0) is 20.1. The molecule has 0 saturated heterocycles. The molecule has 0 aliphatic carbocycles. The number of thioether (sulfide) groups is 1. The number of hydrogen-bond acceptors (Lipinski definition) is 7. The highest BCUT2D eigenvalue weighted by Gasteiger charge is 2.15. The molecule has 0 bridgehead atoms. The summed E-state index contributed by atoms with van der Waals surface area (Å²) in [6.45, 7) is 3.86. The number of rotatable bonds is 7. The molecule has 0 fully saturated rings. The fourth-order valence-corrected chi connectivity index (χ4v) is 3.74. The van der Waals surface area contributed by atoms with Gasteiger partial charge in [0.1, 0.15) is 5.82 Å². The molecule has 3 aromatic rings. The van der Waals surface area contributed by atoms with E-state index >= 15 is 0 Å². The van der Waals surface area contributed by atoms with Crippen LogP contribution in [-0.2, 0) is 23.1 Å². The van der Waals surface area contributed by atoms with E-state index in [4.69, 9.17) is 0 Å². The van der Waals surface area contributed by atoms with Gasteiger partial charge in [0.2, 0.25) is 11.8 Å². The van der Waals surface area contributed by atoms with Gasteiger partial charge in [0.25, 0.3) is 0 Å². The Bertz CT molecular complexity index is 980. The molecule has 28 heavy (non-hydrogen) atoms. The van der Waals surface area contributed by atoms with E-state index in [1.54, 1.807) is 11.6 Å². The van der Waals surface area contributed by atoms with E-state index in [0.717, 1.165) is 16.9 Å². The van der Waals surface area contributed by atoms with Crippen LogP contribution < -0.4 is 10.6 Å². The summed E-state index contributed by atoms with van der Waals surface area (Å²) in [7, 11) is 1.78. The Morgan fingerprint density at radius 1 is 1.11 bits per heavy atom. The van der Waals surface area contributed by atoms with E-state index in [0.29, 0.717) is 16.1 Å². The van der Waals surface area contributed by atoms with Crippen LogP contribution >= 0.6 is 23.1 Å².